The Labute approximate surface area is 144 Å². The monoisotopic (exact) mass is 349 g/mol. The van der Waals surface area contributed by atoms with Crippen molar-refractivity contribution in [2.24, 2.45) is 5.73 Å². The highest BCUT2D eigenvalue weighted by molar-refractivity contribution is 6.33. The van der Waals surface area contributed by atoms with E-state index in [0.717, 1.165) is 6.07 Å². The molecule has 1 atom stereocenters. The number of nitrogens with two attached hydrogens (primary N) is 1. The molecule has 5 nitrogen and oxygen atoms in total. The summed E-state index contributed by atoms with van der Waals surface area (Å²) in [5.41, 5.74) is 5.21. The molecule has 0 spiro atoms. The van der Waals surface area contributed by atoms with Gasteiger partial charge in [-0.3, -0.25) is 14.9 Å². The van der Waals surface area contributed by atoms with Crippen molar-refractivity contribution in [3.05, 3.63) is 64.9 Å². The van der Waals surface area contributed by atoms with Crippen molar-refractivity contribution < 1.29 is 14.0 Å². The molecular formula is C17H17ClFN3O2. The minimum Gasteiger partial charge on any atom is -0.368 e. The summed E-state index contributed by atoms with van der Waals surface area (Å²) in [6, 6.07) is 12.5. The van der Waals surface area contributed by atoms with Gasteiger partial charge in [0.05, 0.1) is 17.3 Å². The van der Waals surface area contributed by atoms with Crippen LogP contribution >= 0.6 is 11.6 Å². The molecule has 2 rings (SSSR count). The van der Waals surface area contributed by atoms with Crippen LogP contribution in [0.4, 0.5) is 10.1 Å². The van der Waals surface area contributed by atoms with Gasteiger partial charge in [-0.05, 0) is 30.7 Å². The van der Waals surface area contributed by atoms with E-state index in [4.69, 9.17) is 17.3 Å². The van der Waals surface area contributed by atoms with Crippen LogP contribution in [-0.4, -0.2) is 18.4 Å². The van der Waals surface area contributed by atoms with Gasteiger partial charge >= 0.3 is 0 Å². The van der Waals surface area contributed by atoms with E-state index < -0.39 is 23.2 Å². The molecule has 0 radical (unpaired) electrons. The van der Waals surface area contributed by atoms with Crippen molar-refractivity contribution >= 4 is 29.1 Å². The number of carbonyl (C=O) groups is 2. The summed E-state index contributed by atoms with van der Waals surface area (Å²) >= 11 is 5.86. The molecule has 126 valence electrons. The van der Waals surface area contributed by atoms with Gasteiger partial charge in [0.15, 0.2) is 0 Å². The van der Waals surface area contributed by atoms with Crippen LogP contribution < -0.4 is 16.4 Å². The summed E-state index contributed by atoms with van der Waals surface area (Å²) in [5.74, 6) is -1.55. The van der Waals surface area contributed by atoms with Crippen LogP contribution in [0.5, 0.6) is 0 Å². The van der Waals surface area contributed by atoms with Gasteiger partial charge < -0.3 is 11.1 Å². The topological polar surface area (TPSA) is 84.2 Å². The van der Waals surface area contributed by atoms with Crippen LogP contribution in [0.25, 0.3) is 0 Å². The Morgan fingerprint density at radius 1 is 1.21 bits per heavy atom. The second-order valence-corrected chi connectivity index (χ2v) is 5.79. The van der Waals surface area contributed by atoms with Gasteiger partial charge in [0.25, 0.3) is 0 Å². The normalized spacial score (nSPS) is 13.1. The lowest BCUT2D eigenvalue weighted by molar-refractivity contribution is -0.124. The lowest BCUT2D eigenvalue weighted by Gasteiger charge is -2.27. The zero-order valence-electron chi connectivity index (χ0n) is 13.0. The average Bonchev–Trinajstić information content (AvgIpc) is 2.56. The minimum atomic E-state index is -1.20. The van der Waals surface area contributed by atoms with Crippen LogP contribution in [0.1, 0.15) is 12.5 Å². The second-order valence-electron chi connectivity index (χ2n) is 5.38. The molecule has 0 aliphatic carbocycles. The van der Waals surface area contributed by atoms with Gasteiger partial charge in [0.1, 0.15) is 11.4 Å². The van der Waals surface area contributed by atoms with E-state index in [-0.39, 0.29) is 17.3 Å². The third-order valence-electron chi connectivity index (χ3n) is 3.65. The first-order valence-electron chi connectivity index (χ1n) is 7.18. The molecular weight excluding hydrogens is 333 g/mol. The SMILES string of the molecule is CC(NCC(=O)Nc1ccc(F)cc1Cl)(C(N)=O)c1ccccc1. The molecule has 2 amide bonds. The molecule has 0 aliphatic heterocycles. The molecule has 0 fully saturated rings. The van der Waals surface area contributed by atoms with E-state index in [1.807, 2.05) is 6.07 Å². The van der Waals surface area contributed by atoms with Crippen LogP contribution in [0.15, 0.2) is 48.5 Å². The Morgan fingerprint density at radius 3 is 2.46 bits per heavy atom. The Bertz CT molecular complexity index is 755. The molecule has 4 N–H and O–H groups in total. The van der Waals surface area contributed by atoms with E-state index >= 15 is 0 Å². The fraction of sp³-hybridized carbons (Fsp3) is 0.176. The molecule has 0 heterocycles. The number of hydrogen-bond acceptors (Lipinski definition) is 3. The summed E-state index contributed by atoms with van der Waals surface area (Å²) in [6.07, 6.45) is 0. The van der Waals surface area contributed by atoms with Crippen LogP contribution in [0.2, 0.25) is 5.02 Å². The van der Waals surface area contributed by atoms with Crippen molar-refractivity contribution in [2.45, 2.75) is 12.5 Å². The third-order valence-corrected chi connectivity index (χ3v) is 3.96. The highest BCUT2D eigenvalue weighted by Gasteiger charge is 2.33. The van der Waals surface area contributed by atoms with Crippen molar-refractivity contribution in [1.29, 1.82) is 0 Å². The fourth-order valence-electron chi connectivity index (χ4n) is 2.15. The molecule has 0 aliphatic rings. The fourth-order valence-corrected chi connectivity index (χ4v) is 2.36. The first-order chi connectivity index (χ1) is 11.3. The molecule has 0 saturated heterocycles. The summed E-state index contributed by atoms with van der Waals surface area (Å²) in [6.45, 7) is 1.42. The zero-order valence-corrected chi connectivity index (χ0v) is 13.7. The molecule has 0 aromatic heterocycles. The number of hydrogen-bond donors (Lipinski definition) is 3. The van der Waals surface area contributed by atoms with E-state index in [9.17, 15) is 14.0 Å². The number of anilines is 1. The van der Waals surface area contributed by atoms with Crippen molar-refractivity contribution in [2.75, 3.05) is 11.9 Å². The number of halogens is 2. The van der Waals surface area contributed by atoms with Crippen LogP contribution in [0.3, 0.4) is 0 Å². The summed E-state index contributed by atoms with van der Waals surface area (Å²) < 4.78 is 13.0. The smallest absolute Gasteiger partial charge is 0.242 e. The molecule has 7 heteroatoms. The standard InChI is InChI=1S/C17H17ClFN3O2/c1-17(16(20)24,11-5-3-2-4-6-11)21-10-15(23)22-14-8-7-12(19)9-13(14)18/h2-9,21H,10H2,1H3,(H2,20,24)(H,22,23). The number of benzene rings is 2. The number of carbonyl (C=O) groups excluding carboxylic acids is 2. The van der Waals surface area contributed by atoms with Crippen molar-refractivity contribution in [1.82, 2.24) is 5.32 Å². The Hall–Kier alpha value is -2.44. The first kappa shape index (κ1) is 17.9. The predicted molar refractivity (Wildman–Crippen MR) is 91.0 cm³/mol. The van der Waals surface area contributed by atoms with Gasteiger partial charge in [-0.2, -0.15) is 0 Å². The highest BCUT2D eigenvalue weighted by Crippen LogP contribution is 2.23. The van der Waals surface area contributed by atoms with Gasteiger partial charge in [-0.25, -0.2) is 4.39 Å². The quantitative estimate of drug-likeness (QED) is 0.748. The largest absolute Gasteiger partial charge is 0.368 e. The molecule has 2 aromatic rings. The first-order valence-corrected chi connectivity index (χ1v) is 7.56. The number of amides is 2. The lowest BCUT2D eigenvalue weighted by atomic mass is 9.91. The van der Waals surface area contributed by atoms with Gasteiger partial charge in [-0.1, -0.05) is 41.9 Å². The van der Waals surface area contributed by atoms with Gasteiger partial charge in [0, 0.05) is 0 Å². The average molecular weight is 350 g/mol. The maximum absolute atomic E-state index is 13.0. The Morgan fingerprint density at radius 2 is 1.88 bits per heavy atom. The van der Waals surface area contributed by atoms with E-state index in [2.05, 4.69) is 10.6 Å². The Kier molecular flexibility index (Phi) is 5.54. The lowest BCUT2D eigenvalue weighted by Crippen LogP contribution is -2.52. The number of rotatable bonds is 6. The summed E-state index contributed by atoms with van der Waals surface area (Å²) in [4.78, 5) is 23.9. The van der Waals surface area contributed by atoms with Crippen molar-refractivity contribution in [3.8, 4) is 0 Å². The molecule has 1 unspecified atom stereocenters. The molecule has 0 saturated carbocycles. The summed E-state index contributed by atoms with van der Waals surface area (Å²) in [5, 5.41) is 5.49. The summed E-state index contributed by atoms with van der Waals surface area (Å²) in [7, 11) is 0. The van der Waals surface area contributed by atoms with Gasteiger partial charge in [-0.15, -0.1) is 0 Å². The van der Waals surface area contributed by atoms with E-state index in [1.165, 1.54) is 12.1 Å². The Balaban J connectivity index is 2.07. The van der Waals surface area contributed by atoms with E-state index in [0.29, 0.717) is 5.56 Å². The van der Waals surface area contributed by atoms with Crippen LogP contribution in [-0.2, 0) is 15.1 Å². The van der Waals surface area contributed by atoms with Crippen molar-refractivity contribution in [3.63, 3.8) is 0 Å². The number of nitrogens with one attached hydrogen (secondary N) is 2. The van der Waals surface area contributed by atoms with E-state index in [1.54, 1.807) is 31.2 Å². The third kappa shape index (κ3) is 4.10. The maximum atomic E-state index is 13.0. The van der Waals surface area contributed by atoms with Crippen LogP contribution in [0, 0.1) is 5.82 Å². The molecule has 0 bridgehead atoms. The second kappa shape index (κ2) is 7.42. The molecule has 24 heavy (non-hydrogen) atoms. The maximum Gasteiger partial charge on any atom is 0.242 e. The highest BCUT2D eigenvalue weighted by atomic mass is 35.5. The zero-order chi connectivity index (χ0) is 17.7. The minimum absolute atomic E-state index is 0.0871. The molecule has 2 aromatic carbocycles. The predicted octanol–water partition coefficient (Wildman–Crippen LogP) is 2.41. The number of primary amides is 1. The van der Waals surface area contributed by atoms with Gasteiger partial charge in [0.2, 0.25) is 11.8 Å².